The highest BCUT2D eigenvalue weighted by Crippen LogP contribution is 2.18. The van der Waals surface area contributed by atoms with Crippen LogP contribution < -0.4 is 10.5 Å². The van der Waals surface area contributed by atoms with Gasteiger partial charge in [0, 0.05) is 10.0 Å². The van der Waals surface area contributed by atoms with Crippen LogP contribution in [0.1, 0.15) is 11.1 Å². The van der Waals surface area contributed by atoms with Crippen LogP contribution in [0.3, 0.4) is 0 Å². The summed E-state index contributed by atoms with van der Waals surface area (Å²) in [6.07, 6.45) is -0.622. The number of ether oxygens (including phenoxy) is 2. The molecule has 1 unspecified atom stereocenters. The third kappa shape index (κ3) is 5.36. The lowest BCUT2D eigenvalue weighted by Gasteiger charge is -2.09. The predicted octanol–water partition coefficient (Wildman–Crippen LogP) is 3.12. The number of carboxylic acid groups (broad SMARTS) is 1. The second kappa shape index (κ2) is 8.47. The van der Waals surface area contributed by atoms with E-state index < -0.39 is 18.2 Å². The van der Waals surface area contributed by atoms with E-state index in [0.717, 1.165) is 15.6 Å². The highest BCUT2D eigenvalue weighted by atomic mass is 79.9. The largest absolute Gasteiger partial charge is 0.514 e. The first-order chi connectivity index (χ1) is 11.5. The highest BCUT2D eigenvalue weighted by molar-refractivity contribution is 9.10. The lowest BCUT2D eigenvalue weighted by Crippen LogP contribution is -2.32. The SMILES string of the molecule is NC(Cc1ccc(OC(=O)OCc2ccccc2Br)cc1)C(=O)O. The average molecular weight is 394 g/mol. The van der Waals surface area contributed by atoms with Crippen LogP contribution in [0.2, 0.25) is 0 Å². The molecule has 1 atom stereocenters. The van der Waals surface area contributed by atoms with E-state index in [1.165, 1.54) is 0 Å². The van der Waals surface area contributed by atoms with E-state index in [1.807, 2.05) is 24.3 Å². The molecule has 0 saturated heterocycles. The van der Waals surface area contributed by atoms with Crippen LogP contribution in [0.4, 0.5) is 4.79 Å². The molecule has 2 aromatic rings. The van der Waals surface area contributed by atoms with Crippen molar-refractivity contribution >= 4 is 28.1 Å². The number of carbonyl (C=O) groups is 2. The van der Waals surface area contributed by atoms with Crippen molar-refractivity contribution in [3.8, 4) is 5.75 Å². The molecule has 126 valence electrons. The molecule has 0 spiro atoms. The van der Waals surface area contributed by atoms with Gasteiger partial charge in [-0.05, 0) is 30.2 Å². The number of benzene rings is 2. The number of halogens is 1. The zero-order chi connectivity index (χ0) is 17.5. The first kappa shape index (κ1) is 18.0. The van der Waals surface area contributed by atoms with Crippen LogP contribution in [0.15, 0.2) is 53.0 Å². The fourth-order valence-electron chi connectivity index (χ4n) is 1.91. The Kier molecular flexibility index (Phi) is 6.34. The monoisotopic (exact) mass is 393 g/mol. The van der Waals surface area contributed by atoms with Crippen molar-refractivity contribution in [1.29, 1.82) is 0 Å². The summed E-state index contributed by atoms with van der Waals surface area (Å²) in [4.78, 5) is 22.4. The van der Waals surface area contributed by atoms with Crippen LogP contribution in [0.5, 0.6) is 5.75 Å². The number of rotatable bonds is 6. The van der Waals surface area contributed by atoms with Gasteiger partial charge in [0.15, 0.2) is 0 Å². The molecule has 0 aromatic heterocycles. The minimum Gasteiger partial charge on any atom is -0.480 e. The van der Waals surface area contributed by atoms with E-state index in [-0.39, 0.29) is 13.0 Å². The number of carboxylic acids is 1. The Morgan fingerprint density at radius 1 is 1.12 bits per heavy atom. The van der Waals surface area contributed by atoms with Gasteiger partial charge in [-0.15, -0.1) is 0 Å². The van der Waals surface area contributed by atoms with Gasteiger partial charge < -0.3 is 20.3 Å². The maximum Gasteiger partial charge on any atom is 0.514 e. The summed E-state index contributed by atoms with van der Waals surface area (Å²) in [5.74, 6) is -0.759. The smallest absolute Gasteiger partial charge is 0.480 e. The van der Waals surface area contributed by atoms with E-state index in [9.17, 15) is 9.59 Å². The van der Waals surface area contributed by atoms with E-state index in [2.05, 4.69) is 15.9 Å². The number of hydrogen-bond donors (Lipinski definition) is 2. The molecular formula is C17H16BrNO5. The van der Waals surface area contributed by atoms with E-state index in [4.69, 9.17) is 20.3 Å². The van der Waals surface area contributed by atoms with Crippen molar-refractivity contribution in [2.75, 3.05) is 0 Å². The maximum absolute atomic E-state index is 11.7. The second-order valence-corrected chi connectivity index (χ2v) is 5.88. The van der Waals surface area contributed by atoms with E-state index >= 15 is 0 Å². The molecule has 3 N–H and O–H groups in total. The van der Waals surface area contributed by atoms with Gasteiger partial charge in [0.2, 0.25) is 0 Å². The molecule has 6 nitrogen and oxygen atoms in total. The zero-order valence-corrected chi connectivity index (χ0v) is 14.2. The molecule has 2 aromatic carbocycles. The maximum atomic E-state index is 11.7. The Bertz CT molecular complexity index is 717. The fraction of sp³-hybridized carbons (Fsp3) is 0.176. The van der Waals surface area contributed by atoms with Gasteiger partial charge in [-0.2, -0.15) is 0 Å². The van der Waals surface area contributed by atoms with Crippen LogP contribution in [-0.4, -0.2) is 23.3 Å². The average Bonchev–Trinajstić information content (AvgIpc) is 2.56. The van der Waals surface area contributed by atoms with Gasteiger partial charge in [0.05, 0.1) is 0 Å². The van der Waals surface area contributed by atoms with Crippen molar-refractivity contribution in [3.05, 3.63) is 64.1 Å². The summed E-state index contributed by atoms with van der Waals surface area (Å²) in [6.45, 7) is 0.0891. The standard InChI is InChI=1S/C17H16BrNO5/c18-14-4-2-1-3-12(14)10-23-17(22)24-13-7-5-11(6-8-13)9-15(19)16(20)21/h1-8,15H,9-10,19H2,(H,20,21). The first-order valence-electron chi connectivity index (χ1n) is 7.11. The Morgan fingerprint density at radius 2 is 1.79 bits per heavy atom. The van der Waals surface area contributed by atoms with E-state index in [0.29, 0.717) is 5.75 Å². The van der Waals surface area contributed by atoms with Gasteiger partial charge in [-0.25, -0.2) is 4.79 Å². The van der Waals surface area contributed by atoms with Crippen molar-refractivity contribution in [2.45, 2.75) is 19.1 Å². The molecule has 24 heavy (non-hydrogen) atoms. The highest BCUT2D eigenvalue weighted by Gasteiger charge is 2.12. The summed E-state index contributed by atoms with van der Waals surface area (Å²) >= 11 is 3.37. The Hall–Kier alpha value is -2.38. The van der Waals surface area contributed by atoms with Gasteiger partial charge in [0.1, 0.15) is 18.4 Å². The van der Waals surface area contributed by atoms with Gasteiger partial charge in [-0.1, -0.05) is 46.3 Å². The quantitative estimate of drug-likeness (QED) is 0.577. The van der Waals surface area contributed by atoms with Gasteiger partial charge >= 0.3 is 12.1 Å². The molecule has 0 amide bonds. The summed E-state index contributed by atoms with van der Waals surface area (Å²) in [6, 6.07) is 12.8. The van der Waals surface area contributed by atoms with Crippen LogP contribution >= 0.6 is 15.9 Å². The Balaban J connectivity index is 1.86. The van der Waals surface area contributed by atoms with Crippen molar-refractivity contribution < 1.29 is 24.2 Å². The first-order valence-corrected chi connectivity index (χ1v) is 7.90. The van der Waals surface area contributed by atoms with Gasteiger partial charge in [-0.3, -0.25) is 4.79 Å². The summed E-state index contributed by atoms with van der Waals surface area (Å²) in [7, 11) is 0. The topological polar surface area (TPSA) is 98.9 Å². The van der Waals surface area contributed by atoms with E-state index in [1.54, 1.807) is 24.3 Å². The summed E-state index contributed by atoms with van der Waals surface area (Å²) in [5.41, 5.74) is 7.03. The molecule has 0 radical (unpaired) electrons. The Morgan fingerprint density at radius 3 is 2.42 bits per heavy atom. The van der Waals surface area contributed by atoms with Crippen molar-refractivity contribution in [2.24, 2.45) is 5.73 Å². The lowest BCUT2D eigenvalue weighted by molar-refractivity contribution is -0.138. The molecule has 0 aliphatic heterocycles. The summed E-state index contributed by atoms with van der Waals surface area (Å²) < 4.78 is 11.0. The molecule has 0 aliphatic rings. The fourth-order valence-corrected chi connectivity index (χ4v) is 2.31. The molecule has 2 rings (SSSR count). The number of hydrogen-bond acceptors (Lipinski definition) is 5. The zero-order valence-electron chi connectivity index (χ0n) is 12.6. The Labute approximate surface area is 147 Å². The minimum absolute atomic E-state index is 0.0891. The third-order valence-electron chi connectivity index (χ3n) is 3.20. The summed E-state index contributed by atoms with van der Waals surface area (Å²) in [5, 5.41) is 8.78. The van der Waals surface area contributed by atoms with Crippen LogP contribution in [0, 0.1) is 0 Å². The molecule has 0 aliphatic carbocycles. The molecule has 7 heteroatoms. The number of carbonyl (C=O) groups excluding carboxylic acids is 1. The molecule has 0 saturated carbocycles. The third-order valence-corrected chi connectivity index (χ3v) is 3.97. The second-order valence-electron chi connectivity index (χ2n) is 5.02. The van der Waals surface area contributed by atoms with Crippen molar-refractivity contribution in [1.82, 2.24) is 0 Å². The van der Waals surface area contributed by atoms with Crippen molar-refractivity contribution in [3.63, 3.8) is 0 Å². The molecule has 0 heterocycles. The number of nitrogens with two attached hydrogens (primary N) is 1. The molecule has 0 bridgehead atoms. The predicted molar refractivity (Wildman–Crippen MR) is 90.7 cm³/mol. The minimum atomic E-state index is -1.06. The number of aliphatic carboxylic acids is 1. The van der Waals surface area contributed by atoms with Crippen LogP contribution in [0.25, 0.3) is 0 Å². The van der Waals surface area contributed by atoms with Crippen LogP contribution in [-0.2, 0) is 22.6 Å². The molecule has 0 fully saturated rings. The molecular weight excluding hydrogens is 378 g/mol. The normalized spacial score (nSPS) is 11.6. The lowest BCUT2D eigenvalue weighted by atomic mass is 10.1. The van der Waals surface area contributed by atoms with Gasteiger partial charge in [0.25, 0.3) is 0 Å².